The summed E-state index contributed by atoms with van der Waals surface area (Å²) in [5.74, 6) is 0.876. The molecule has 2 N–H and O–H groups in total. The van der Waals surface area contributed by atoms with Crippen molar-refractivity contribution in [2.75, 3.05) is 0 Å². The largest absolute Gasteiger partial charge is 0.235 e. The van der Waals surface area contributed by atoms with Crippen molar-refractivity contribution < 1.29 is 0 Å². The predicted molar refractivity (Wildman–Crippen MR) is 43.4 cm³/mol. The summed E-state index contributed by atoms with van der Waals surface area (Å²) in [4.78, 5) is 0. The van der Waals surface area contributed by atoms with Gasteiger partial charge in [-0.25, -0.2) is 10.9 Å². The Labute approximate surface area is 63.4 Å². The summed E-state index contributed by atoms with van der Waals surface area (Å²) < 4.78 is 0. The van der Waals surface area contributed by atoms with Gasteiger partial charge in [-0.2, -0.15) is 0 Å². The van der Waals surface area contributed by atoms with Gasteiger partial charge >= 0.3 is 0 Å². The highest BCUT2D eigenvalue weighted by molar-refractivity contribution is 4.88. The van der Waals surface area contributed by atoms with Gasteiger partial charge in [0.05, 0.1) is 5.66 Å². The lowest BCUT2D eigenvalue weighted by molar-refractivity contribution is 0.448. The third-order valence-electron chi connectivity index (χ3n) is 2.39. The van der Waals surface area contributed by atoms with Gasteiger partial charge in [0, 0.05) is 0 Å². The van der Waals surface area contributed by atoms with Gasteiger partial charge in [0.15, 0.2) is 0 Å². The second-order valence-corrected chi connectivity index (χ2v) is 3.63. The first-order valence-electron chi connectivity index (χ1n) is 4.20. The number of hydrogen-bond donors (Lipinski definition) is 2. The Morgan fingerprint density at radius 3 is 2.40 bits per heavy atom. The quantitative estimate of drug-likeness (QED) is 0.586. The zero-order valence-electron chi connectivity index (χ0n) is 7.20. The van der Waals surface area contributed by atoms with E-state index in [0.29, 0.717) is 0 Å². The molecule has 0 aliphatic carbocycles. The third kappa shape index (κ3) is 2.27. The summed E-state index contributed by atoms with van der Waals surface area (Å²) in [5, 5.41) is 0. The maximum atomic E-state index is 3.14. The molecule has 1 fully saturated rings. The predicted octanol–water partition coefficient (Wildman–Crippen LogP) is 1.64. The number of hydrogen-bond acceptors (Lipinski definition) is 2. The Morgan fingerprint density at radius 2 is 2.00 bits per heavy atom. The van der Waals surface area contributed by atoms with Crippen LogP contribution < -0.4 is 10.9 Å². The van der Waals surface area contributed by atoms with Gasteiger partial charge in [-0.05, 0) is 25.7 Å². The summed E-state index contributed by atoms with van der Waals surface area (Å²) >= 11 is 0. The van der Waals surface area contributed by atoms with E-state index >= 15 is 0 Å². The van der Waals surface area contributed by atoms with Gasteiger partial charge in [-0.1, -0.05) is 20.3 Å². The Hall–Kier alpha value is -0.0800. The summed E-state index contributed by atoms with van der Waals surface area (Å²) in [6.45, 7) is 6.77. The first-order valence-corrected chi connectivity index (χ1v) is 4.20. The molecule has 10 heavy (non-hydrogen) atoms. The molecule has 2 heteroatoms. The molecule has 0 aromatic heterocycles. The van der Waals surface area contributed by atoms with Crippen LogP contribution in [0.1, 0.15) is 40.0 Å². The number of nitrogens with one attached hydrogen (secondary N) is 2. The van der Waals surface area contributed by atoms with Crippen molar-refractivity contribution in [3.05, 3.63) is 0 Å². The maximum Gasteiger partial charge on any atom is 0.0915 e. The second-order valence-electron chi connectivity index (χ2n) is 3.63. The van der Waals surface area contributed by atoms with Crippen molar-refractivity contribution >= 4 is 0 Å². The molecular formula is C8H18N2. The van der Waals surface area contributed by atoms with E-state index in [4.69, 9.17) is 0 Å². The first kappa shape index (κ1) is 8.02. The molecule has 0 saturated carbocycles. The van der Waals surface area contributed by atoms with Gasteiger partial charge in [0.25, 0.3) is 0 Å². The van der Waals surface area contributed by atoms with Crippen molar-refractivity contribution in [2.24, 2.45) is 5.92 Å². The normalized spacial score (nSPS) is 24.3. The highest BCUT2D eigenvalue weighted by Gasteiger charge is 2.35. The van der Waals surface area contributed by atoms with Crippen molar-refractivity contribution in [1.82, 2.24) is 10.9 Å². The molecule has 1 unspecified atom stereocenters. The molecule has 0 radical (unpaired) electrons. The summed E-state index contributed by atoms with van der Waals surface area (Å²) in [6, 6.07) is 0. The highest BCUT2D eigenvalue weighted by Crippen LogP contribution is 2.20. The first-order chi connectivity index (χ1) is 4.66. The van der Waals surface area contributed by atoms with Gasteiger partial charge in [-0.3, -0.25) is 0 Å². The molecule has 1 aliphatic heterocycles. The van der Waals surface area contributed by atoms with E-state index in [9.17, 15) is 0 Å². The Balaban J connectivity index is 2.04. The molecule has 0 aromatic rings. The van der Waals surface area contributed by atoms with Crippen LogP contribution in [-0.4, -0.2) is 5.66 Å². The van der Waals surface area contributed by atoms with Gasteiger partial charge in [0.2, 0.25) is 0 Å². The molecule has 60 valence electrons. The molecule has 0 aromatic carbocycles. The molecule has 2 nitrogen and oxygen atoms in total. The smallest absolute Gasteiger partial charge is 0.0915 e. The van der Waals surface area contributed by atoms with Crippen LogP contribution in [0.2, 0.25) is 0 Å². The average molecular weight is 142 g/mol. The minimum absolute atomic E-state index is 0.281. The van der Waals surface area contributed by atoms with E-state index < -0.39 is 0 Å². The fraction of sp³-hybridized carbons (Fsp3) is 1.00. The number of hydrazine groups is 1. The molecule has 1 saturated heterocycles. The van der Waals surface area contributed by atoms with Crippen LogP contribution >= 0.6 is 0 Å². The van der Waals surface area contributed by atoms with E-state index in [-0.39, 0.29) is 5.66 Å². The van der Waals surface area contributed by atoms with E-state index in [2.05, 4.69) is 31.6 Å². The van der Waals surface area contributed by atoms with Crippen molar-refractivity contribution in [3.63, 3.8) is 0 Å². The van der Waals surface area contributed by atoms with Crippen LogP contribution in [0.4, 0.5) is 0 Å². The molecular weight excluding hydrogens is 124 g/mol. The Morgan fingerprint density at radius 1 is 1.40 bits per heavy atom. The lowest BCUT2D eigenvalue weighted by Crippen LogP contribution is -2.12. The van der Waals surface area contributed by atoms with Gasteiger partial charge in [-0.15, -0.1) is 0 Å². The molecule has 1 aliphatic rings. The van der Waals surface area contributed by atoms with E-state index in [1.165, 1.54) is 19.3 Å². The molecule has 1 heterocycles. The third-order valence-corrected chi connectivity index (χ3v) is 2.39. The van der Waals surface area contributed by atoms with Crippen LogP contribution in [0, 0.1) is 5.92 Å². The fourth-order valence-electron chi connectivity index (χ4n) is 0.971. The molecule has 1 rings (SSSR count). The van der Waals surface area contributed by atoms with Gasteiger partial charge in [0.1, 0.15) is 0 Å². The number of rotatable bonds is 4. The molecule has 0 spiro atoms. The minimum Gasteiger partial charge on any atom is -0.235 e. The highest BCUT2D eigenvalue weighted by atomic mass is 15.7. The monoisotopic (exact) mass is 142 g/mol. The summed E-state index contributed by atoms with van der Waals surface area (Å²) in [7, 11) is 0. The average Bonchev–Trinajstić information content (AvgIpc) is 2.64. The lowest BCUT2D eigenvalue weighted by Gasteiger charge is -2.09. The zero-order valence-corrected chi connectivity index (χ0v) is 7.20. The standard InChI is InChI=1S/C8H18N2/c1-4-7(2)5-6-8(3)9-10-8/h7,9-10H,4-6H2,1-3H3. The SMILES string of the molecule is CCC(C)CCC1(C)NN1. The molecule has 0 amide bonds. The Bertz CT molecular complexity index is 108. The second kappa shape index (κ2) is 2.89. The molecule has 0 bridgehead atoms. The van der Waals surface area contributed by atoms with Crippen LogP contribution in [0.25, 0.3) is 0 Å². The Kier molecular flexibility index (Phi) is 2.32. The fourth-order valence-corrected chi connectivity index (χ4v) is 0.971. The maximum absolute atomic E-state index is 3.14. The summed E-state index contributed by atoms with van der Waals surface area (Å²) in [5.41, 5.74) is 6.56. The minimum atomic E-state index is 0.281. The topological polar surface area (TPSA) is 43.9 Å². The van der Waals surface area contributed by atoms with Gasteiger partial charge < -0.3 is 0 Å². The van der Waals surface area contributed by atoms with E-state index in [0.717, 1.165) is 5.92 Å². The van der Waals surface area contributed by atoms with Crippen LogP contribution in [0.3, 0.4) is 0 Å². The molecule has 1 atom stereocenters. The van der Waals surface area contributed by atoms with Crippen molar-refractivity contribution in [2.45, 2.75) is 45.7 Å². The van der Waals surface area contributed by atoms with Crippen LogP contribution in [0.15, 0.2) is 0 Å². The van der Waals surface area contributed by atoms with E-state index in [1.54, 1.807) is 0 Å². The van der Waals surface area contributed by atoms with Crippen LogP contribution in [0.5, 0.6) is 0 Å². The van der Waals surface area contributed by atoms with E-state index in [1.807, 2.05) is 0 Å². The van der Waals surface area contributed by atoms with Crippen LogP contribution in [-0.2, 0) is 0 Å². The zero-order chi connectivity index (χ0) is 7.61. The van der Waals surface area contributed by atoms with Crippen molar-refractivity contribution in [1.29, 1.82) is 0 Å². The lowest BCUT2D eigenvalue weighted by atomic mass is 9.99. The van der Waals surface area contributed by atoms with Crippen molar-refractivity contribution in [3.8, 4) is 0 Å². The summed E-state index contributed by atoms with van der Waals surface area (Å²) in [6.07, 6.45) is 3.88.